The van der Waals surface area contributed by atoms with Gasteiger partial charge in [-0.25, -0.2) is 4.79 Å². The van der Waals surface area contributed by atoms with E-state index >= 15 is 0 Å². The van der Waals surface area contributed by atoms with Crippen LogP contribution in [0.5, 0.6) is 5.75 Å². The maximum absolute atomic E-state index is 12.1. The minimum Gasteiger partial charge on any atom is -0.491 e. The van der Waals surface area contributed by atoms with Gasteiger partial charge in [-0.05, 0) is 30.4 Å². The van der Waals surface area contributed by atoms with Crippen molar-refractivity contribution in [2.75, 3.05) is 18.5 Å². The zero-order valence-electron chi connectivity index (χ0n) is 13.9. The second-order valence-corrected chi connectivity index (χ2v) is 6.16. The van der Waals surface area contributed by atoms with Gasteiger partial charge in [-0.3, -0.25) is 0 Å². The Hall–Kier alpha value is -1.75. The van der Waals surface area contributed by atoms with Gasteiger partial charge in [-0.2, -0.15) is 0 Å². The van der Waals surface area contributed by atoms with Gasteiger partial charge in [-0.1, -0.05) is 39.8 Å². The Kier molecular flexibility index (Phi) is 7.74. The molecule has 5 heteroatoms. The average molecular weight is 308 g/mol. The minimum absolute atomic E-state index is 0.0528. The van der Waals surface area contributed by atoms with E-state index < -0.39 is 0 Å². The Labute approximate surface area is 133 Å². The number of ether oxygens (including phenoxy) is 1. The molecule has 0 radical (unpaired) electrons. The Morgan fingerprint density at radius 3 is 2.50 bits per heavy atom. The Bertz CT molecular complexity index is 461. The van der Waals surface area contributed by atoms with Crippen LogP contribution in [-0.2, 0) is 0 Å². The van der Waals surface area contributed by atoms with Gasteiger partial charge in [0.05, 0.1) is 12.3 Å². The summed E-state index contributed by atoms with van der Waals surface area (Å²) < 4.78 is 5.72. The number of carbonyl (C=O) groups excluding carboxylic acids is 1. The van der Waals surface area contributed by atoms with E-state index in [1.165, 1.54) is 0 Å². The summed E-state index contributed by atoms with van der Waals surface area (Å²) in [6, 6.07) is 7.03. The normalized spacial score (nSPS) is 12.3. The Balaban J connectivity index is 2.67. The first-order valence-corrected chi connectivity index (χ1v) is 7.84. The van der Waals surface area contributed by atoms with Gasteiger partial charge in [0, 0.05) is 12.6 Å². The topological polar surface area (TPSA) is 70.6 Å². The number of para-hydroxylation sites is 2. The van der Waals surface area contributed by atoms with Crippen molar-refractivity contribution < 1.29 is 14.6 Å². The van der Waals surface area contributed by atoms with Crippen LogP contribution in [-0.4, -0.2) is 30.4 Å². The Morgan fingerprint density at radius 2 is 1.91 bits per heavy atom. The standard InChI is InChI=1S/C17H28N2O3/c1-12(2)11-22-16-8-6-5-7-15(16)19-17(21)18-14(9-10-20)13(3)4/h5-8,12-14,20H,9-11H2,1-4H3,(H2,18,19,21)/t14-/m0/s1. The van der Waals surface area contributed by atoms with Gasteiger partial charge < -0.3 is 20.5 Å². The van der Waals surface area contributed by atoms with Crippen molar-refractivity contribution in [3.63, 3.8) is 0 Å². The van der Waals surface area contributed by atoms with Crippen LogP contribution in [0.15, 0.2) is 24.3 Å². The van der Waals surface area contributed by atoms with E-state index in [0.29, 0.717) is 30.4 Å². The molecule has 1 rings (SSSR count). The van der Waals surface area contributed by atoms with Crippen molar-refractivity contribution in [3.8, 4) is 5.75 Å². The minimum atomic E-state index is -0.284. The highest BCUT2D eigenvalue weighted by molar-refractivity contribution is 5.91. The molecule has 0 saturated carbocycles. The van der Waals surface area contributed by atoms with E-state index in [-0.39, 0.29) is 24.6 Å². The molecule has 1 atom stereocenters. The van der Waals surface area contributed by atoms with Crippen molar-refractivity contribution in [2.45, 2.75) is 40.2 Å². The van der Waals surface area contributed by atoms with Crippen molar-refractivity contribution >= 4 is 11.7 Å². The van der Waals surface area contributed by atoms with Crippen LogP contribution in [0.25, 0.3) is 0 Å². The molecule has 0 aromatic heterocycles. The van der Waals surface area contributed by atoms with Gasteiger partial charge in [-0.15, -0.1) is 0 Å². The number of aliphatic hydroxyl groups is 1. The third-order valence-electron chi connectivity index (χ3n) is 3.27. The zero-order chi connectivity index (χ0) is 16.5. The van der Waals surface area contributed by atoms with Crippen LogP contribution >= 0.6 is 0 Å². The highest BCUT2D eigenvalue weighted by Gasteiger charge is 2.16. The largest absolute Gasteiger partial charge is 0.491 e. The molecule has 0 aliphatic heterocycles. The predicted molar refractivity (Wildman–Crippen MR) is 89.3 cm³/mol. The van der Waals surface area contributed by atoms with Crippen LogP contribution in [0.4, 0.5) is 10.5 Å². The molecular weight excluding hydrogens is 280 g/mol. The van der Waals surface area contributed by atoms with Crippen molar-refractivity contribution in [1.82, 2.24) is 5.32 Å². The lowest BCUT2D eigenvalue weighted by molar-refractivity contribution is 0.227. The summed E-state index contributed by atoms with van der Waals surface area (Å²) in [5.41, 5.74) is 0.646. The second kappa shape index (κ2) is 9.30. The molecule has 0 saturated heterocycles. The molecule has 0 spiro atoms. The first-order valence-electron chi connectivity index (χ1n) is 7.84. The number of rotatable bonds is 8. The highest BCUT2D eigenvalue weighted by Crippen LogP contribution is 2.24. The van der Waals surface area contributed by atoms with Crippen molar-refractivity contribution in [1.29, 1.82) is 0 Å². The van der Waals surface area contributed by atoms with Gasteiger partial charge in [0.25, 0.3) is 0 Å². The van der Waals surface area contributed by atoms with Crippen LogP contribution < -0.4 is 15.4 Å². The lowest BCUT2D eigenvalue weighted by Crippen LogP contribution is -2.41. The van der Waals surface area contributed by atoms with E-state index in [1.807, 2.05) is 38.1 Å². The fraction of sp³-hybridized carbons (Fsp3) is 0.588. The van der Waals surface area contributed by atoms with E-state index in [9.17, 15) is 4.79 Å². The molecule has 22 heavy (non-hydrogen) atoms. The zero-order valence-corrected chi connectivity index (χ0v) is 13.9. The number of carbonyl (C=O) groups is 1. The second-order valence-electron chi connectivity index (χ2n) is 6.16. The van der Waals surface area contributed by atoms with Crippen LogP contribution in [0, 0.1) is 11.8 Å². The third kappa shape index (κ3) is 6.35. The van der Waals surface area contributed by atoms with Crippen LogP contribution in [0.2, 0.25) is 0 Å². The molecule has 0 aliphatic rings. The van der Waals surface area contributed by atoms with E-state index in [0.717, 1.165) is 0 Å². The SMILES string of the molecule is CC(C)COc1ccccc1NC(=O)N[C@@H](CCO)C(C)C. The lowest BCUT2D eigenvalue weighted by Gasteiger charge is -2.22. The maximum Gasteiger partial charge on any atom is 0.319 e. The summed E-state index contributed by atoms with van der Waals surface area (Å²) >= 11 is 0. The molecule has 0 bridgehead atoms. The molecule has 1 aromatic carbocycles. The molecular formula is C17H28N2O3. The van der Waals surface area contributed by atoms with Gasteiger partial charge in [0.15, 0.2) is 0 Å². The number of aliphatic hydroxyl groups excluding tert-OH is 1. The summed E-state index contributed by atoms with van der Waals surface area (Å²) in [6.07, 6.45) is 0.538. The Morgan fingerprint density at radius 1 is 1.23 bits per heavy atom. The predicted octanol–water partition coefficient (Wildman–Crippen LogP) is 3.25. The highest BCUT2D eigenvalue weighted by atomic mass is 16.5. The average Bonchev–Trinajstić information content (AvgIpc) is 2.45. The summed E-state index contributed by atoms with van der Waals surface area (Å²) in [5.74, 6) is 1.33. The van der Waals surface area contributed by atoms with E-state index in [1.54, 1.807) is 0 Å². The quantitative estimate of drug-likeness (QED) is 0.690. The molecule has 3 N–H and O–H groups in total. The number of benzene rings is 1. The third-order valence-corrected chi connectivity index (χ3v) is 3.27. The number of urea groups is 1. The van der Waals surface area contributed by atoms with E-state index in [4.69, 9.17) is 9.84 Å². The van der Waals surface area contributed by atoms with Crippen LogP contribution in [0.3, 0.4) is 0 Å². The molecule has 0 fully saturated rings. The van der Waals surface area contributed by atoms with E-state index in [2.05, 4.69) is 24.5 Å². The van der Waals surface area contributed by atoms with Gasteiger partial charge in [0.2, 0.25) is 0 Å². The first kappa shape index (κ1) is 18.3. The van der Waals surface area contributed by atoms with Crippen molar-refractivity contribution in [2.24, 2.45) is 11.8 Å². The molecule has 0 unspecified atom stereocenters. The molecule has 1 aromatic rings. The fourth-order valence-electron chi connectivity index (χ4n) is 1.99. The van der Waals surface area contributed by atoms with Gasteiger partial charge >= 0.3 is 6.03 Å². The summed E-state index contributed by atoms with van der Waals surface area (Å²) in [5, 5.41) is 14.8. The lowest BCUT2D eigenvalue weighted by atomic mass is 10.0. The molecule has 5 nitrogen and oxygen atoms in total. The maximum atomic E-state index is 12.1. The van der Waals surface area contributed by atoms with Gasteiger partial charge in [0.1, 0.15) is 5.75 Å². The molecule has 0 aliphatic carbocycles. The fourth-order valence-corrected chi connectivity index (χ4v) is 1.99. The van der Waals surface area contributed by atoms with Crippen LogP contribution in [0.1, 0.15) is 34.1 Å². The summed E-state index contributed by atoms with van der Waals surface area (Å²) in [6.45, 7) is 8.83. The molecule has 124 valence electrons. The number of hydrogen-bond donors (Lipinski definition) is 3. The molecule has 0 heterocycles. The van der Waals surface area contributed by atoms with Crippen molar-refractivity contribution in [3.05, 3.63) is 24.3 Å². The monoisotopic (exact) mass is 308 g/mol. The summed E-state index contributed by atoms with van der Waals surface area (Å²) in [7, 11) is 0. The summed E-state index contributed by atoms with van der Waals surface area (Å²) in [4.78, 5) is 12.1. The smallest absolute Gasteiger partial charge is 0.319 e. The molecule has 2 amide bonds. The number of amides is 2. The number of anilines is 1. The number of nitrogens with one attached hydrogen (secondary N) is 2. The number of hydrogen-bond acceptors (Lipinski definition) is 3. The first-order chi connectivity index (χ1) is 10.4.